The molecule has 116 valence electrons. The molecule has 2 N–H and O–H groups in total. The number of hydrogen-bond acceptors (Lipinski definition) is 4. The van der Waals surface area contributed by atoms with Gasteiger partial charge in [-0.15, -0.1) is 5.10 Å². The van der Waals surface area contributed by atoms with Crippen molar-refractivity contribution in [1.82, 2.24) is 25.4 Å². The highest BCUT2D eigenvalue weighted by Crippen LogP contribution is 2.37. The third-order valence-electron chi connectivity index (χ3n) is 4.13. The zero-order valence-electron chi connectivity index (χ0n) is 12.9. The maximum Gasteiger partial charge on any atom is 0.293 e. The summed E-state index contributed by atoms with van der Waals surface area (Å²) in [6.45, 7) is 6.83. The molecule has 1 aliphatic heterocycles. The summed E-state index contributed by atoms with van der Waals surface area (Å²) in [6.07, 6.45) is 4.65. The first kappa shape index (κ1) is 14.5. The molecule has 1 aliphatic carbocycles. The summed E-state index contributed by atoms with van der Waals surface area (Å²) in [7, 11) is 0. The molecule has 1 amide bonds. The van der Waals surface area contributed by atoms with Gasteiger partial charge in [0.25, 0.3) is 5.91 Å². The lowest BCUT2D eigenvalue weighted by molar-refractivity contribution is 0.0709. The number of carbonyl (C=O) groups excluding carboxylic acids is 1. The van der Waals surface area contributed by atoms with E-state index in [1.54, 1.807) is 0 Å². The summed E-state index contributed by atoms with van der Waals surface area (Å²) < 4.78 is 0. The summed E-state index contributed by atoms with van der Waals surface area (Å²) >= 11 is 0. The van der Waals surface area contributed by atoms with E-state index in [-0.39, 0.29) is 5.91 Å². The molecule has 0 aromatic carbocycles. The number of nitrogens with one attached hydrogen (secondary N) is 2. The topological polar surface area (TPSA) is 73.9 Å². The second-order valence-corrected chi connectivity index (χ2v) is 6.72. The van der Waals surface area contributed by atoms with Crippen LogP contribution in [0.15, 0.2) is 0 Å². The Hall–Kier alpha value is -1.43. The van der Waals surface area contributed by atoms with Gasteiger partial charge in [-0.25, -0.2) is 4.98 Å². The minimum absolute atomic E-state index is 0.0412. The largest absolute Gasteiger partial charge is 0.334 e. The van der Waals surface area contributed by atoms with Crippen LogP contribution >= 0.6 is 0 Å². The van der Waals surface area contributed by atoms with Gasteiger partial charge < -0.3 is 10.2 Å². The number of carbonyl (C=O) groups is 1. The maximum absolute atomic E-state index is 12.7. The molecule has 3 rings (SSSR count). The van der Waals surface area contributed by atoms with Gasteiger partial charge >= 0.3 is 0 Å². The van der Waals surface area contributed by atoms with Gasteiger partial charge in [0.15, 0.2) is 0 Å². The van der Waals surface area contributed by atoms with E-state index >= 15 is 0 Å². The Morgan fingerprint density at radius 1 is 1.38 bits per heavy atom. The number of H-pyrrole nitrogens is 1. The summed E-state index contributed by atoms with van der Waals surface area (Å²) in [5, 5.41) is 10.5. The number of amides is 1. The molecule has 0 bridgehead atoms. The lowest BCUT2D eigenvalue weighted by Gasteiger charge is -2.26. The van der Waals surface area contributed by atoms with Crippen LogP contribution in [0.1, 0.15) is 61.9 Å². The van der Waals surface area contributed by atoms with Crippen LogP contribution in [0.5, 0.6) is 0 Å². The second kappa shape index (κ2) is 6.13. The molecule has 1 unspecified atom stereocenters. The highest BCUT2D eigenvalue weighted by Gasteiger charge is 2.30. The SMILES string of the molecule is CC(C)CN(CC1CCCN1)C(=O)c1n[nH]c(C2CC2)n1. The van der Waals surface area contributed by atoms with Gasteiger partial charge in [-0.2, -0.15) is 0 Å². The quantitative estimate of drug-likeness (QED) is 0.833. The molecule has 6 nitrogen and oxygen atoms in total. The van der Waals surface area contributed by atoms with Crippen LogP contribution in [0.2, 0.25) is 0 Å². The van der Waals surface area contributed by atoms with Gasteiger partial charge in [0.05, 0.1) is 0 Å². The number of aromatic amines is 1. The number of aromatic nitrogens is 3. The van der Waals surface area contributed by atoms with E-state index in [1.165, 1.54) is 6.42 Å². The Morgan fingerprint density at radius 3 is 2.81 bits per heavy atom. The molecular formula is C15H25N5O. The van der Waals surface area contributed by atoms with Crippen LogP contribution in [0.3, 0.4) is 0 Å². The van der Waals surface area contributed by atoms with Crippen LogP contribution in [-0.4, -0.2) is 51.7 Å². The molecular weight excluding hydrogens is 266 g/mol. The lowest BCUT2D eigenvalue weighted by atomic mass is 10.1. The van der Waals surface area contributed by atoms with Gasteiger partial charge in [-0.05, 0) is 38.1 Å². The molecule has 1 aromatic heterocycles. The molecule has 1 saturated carbocycles. The first-order chi connectivity index (χ1) is 10.1. The van der Waals surface area contributed by atoms with Crippen molar-refractivity contribution < 1.29 is 4.79 Å². The first-order valence-corrected chi connectivity index (χ1v) is 8.08. The number of nitrogens with zero attached hydrogens (tertiary/aromatic N) is 3. The van der Waals surface area contributed by atoms with E-state index in [2.05, 4.69) is 34.3 Å². The summed E-state index contributed by atoms with van der Waals surface area (Å²) in [5.74, 6) is 2.10. The van der Waals surface area contributed by atoms with E-state index in [1.807, 2.05) is 4.90 Å². The second-order valence-electron chi connectivity index (χ2n) is 6.72. The van der Waals surface area contributed by atoms with E-state index in [9.17, 15) is 4.79 Å². The van der Waals surface area contributed by atoms with Crippen molar-refractivity contribution in [2.24, 2.45) is 5.92 Å². The van der Waals surface area contributed by atoms with Crippen LogP contribution in [0.4, 0.5) is 0 Å². The van der Waals surface area contributed by atoms with Gasteiger partial charge in [0.1, 0.15) is 5.82 Å². The third kappa shape index (κ3) is 3.61. The molecule has 2 fully saturated rings. The average molecular weight is 291 g/mol. The van der Waals surface area contributed by atoms with Crippen LogP contribution in [0.25, 0.3) is 0 Å². The Labute approximate surface area is 125 Å². The van der Waals surface area contributed by atoms with E-state index in [4.69, 9.17) is 0 Å². The third-order valence-corrected chi connectivity index (χ3v) is 4.13. The summed E-state index contributed by atoms with van der Waals surface area (Å²) in [5.41, 5.74) is 0. The lowest BCUT2D eigenvalue weighted by Crippen LogP contribution is -2.43. The first-order valence-electron chi connectivity index (χ1n) is 8.08. The van der Waals surface area contributed by atoms with Crippen LogP contribution in [-0.2, 0) is 0 Å². The van der Waals surface area contributed by atoms with Crippen molar-refractivity contribution in [3.63, 3.8) is 0 Å². The predicted octanol–water partition coefficient (Wildman–Crippen LogP) is 1.53. The standard InChI is InChI=1S/C15H25N5O/c1-10(2)8-20(9-12-4-3-7-16-12)15(21)14-17-13(18-19-14)11-5-6-11/h10-12,16H,3-9H2,1-2H3,(H,17,18,19). The van der Waals surface area contributed by atoms with E-state index in [0.29, 0.717) is 23.7 Å². The number of rotatable bonds is 6. The molecule has 1 saturated heterocycles. The van der Waals surface area contributed by atoms with E-state index < -0.39 is 0 Å². The zero-order chi connectivity index (χ0) is 14.8. The Kier molecular flexibility index (Phi) is 4.24. The smallest absolute Gasteiger partial charge is 0.293 e. The van der Waals surface area contributed by atoms with Gasteiger partial charge in [0.2, 0.25) is 5.82 Å². The Bertz CT molecular complexity index is 488. The molecule has 0 spiro atoms. The molecule has 6 heteroatoms. The fourth-order valence-electron chi connectivity index (χ4n) is 2.91. The summed E-state index contributed by atoms with van der Waals surface area (Å²) in [4.78, 5) is 19.0. The normalized spacial score (nSPS) is 22.0. The van der Waals surface area contributed by atoms with Crippen molar-refractivity contribution in [2.75, 3.05) is 19.6 Å². The predicted molar refractivity (Wildman–Crippen MR) is 80.1 cm³/mol. The zero-order valence-corrected chi connectivity index (χ0v) is 12.9. The van der Waals surface area contributed by atoms with Crippen LogP contribution in [0, 0.1) is 5.92 Å². The number of hydrogen-bond donors (Lipinski definition) is 2. The Morgan fingerprint density at radius 2 is 2.19 bits per heavy atom. The maximum atomic E-state index is 12.7. The van der Waals surface area contributed by atoms with Crippen molar-refractivity contribution in [3.05, 3.63) is 11.6 Å². The Balaban J connectivity index is 1.68. The molecule has 21 heavy (non-hydrogen) atoms. The molecule has 1 atom stereocenters. The highest BCUT2D eigenvalue weighted by atomic mass is 16.2. The van der Waals surface area contributed by atoms with Crippen molar-refractivity contribution in [1.29, 1.82) is 0 Å². The molecule has 1 aromatic rings. The fraction of sp³-hybridized carbons (Fsp3) is 0.800. The average Bonchev–Trinajstić information content (AvgIpc) is 2.98. The van der Waals surface area contributed by atoms with Crippen molar-refractivity contribution in [2.45, 2.75) is 51.5 Å². The monoisotopic (exact) mass is 291 g/mol. The minimum Gasteiger partial charge on any atom is -0.334 e. The molecule has 2 aliphatic rings. The summed E-state index contributed by atoms with van der Waals surface area (Å²) in [6, 6.07) is 0.412. The van der Waals surface area contributed by atoms with Crippen molar-refractivity contribution in [3.8, 4) is 0 Å². The van der Waals surface area contributed by atoms with Crippen LogP contribution < -0.4 is 5.32 Å². The van der Waals surface area contributed by atoms with E-state index in [0.717, 1.165) is 44.7 Å². The minimum atomic E-state index is -0.0412. The van der Waals surface area contributed by atoms with Gasteiger partial charge in [-0.1, -0.05) is 13.8 Å². The van der Waals surface area contributed by atoms with Gasteiger partial charge in [-0.3, -0.25) is 9.89 Å². The van der Waals surface area contributed by atoms with Crippen molar-refractivity contribution >= 4 is 5.91 Å². The fourth-order valence-corrected chi connectivity index (χ4v) is 2.91. The van der Waals surface area contributed by atoms with Gasteiger partial charge in [0, 0.05) is 25.0 Å². The highest BCUT2D eigenvalue weighted by molar-refractivity contribution is 5.90. The molecule has 2 heterocycles. The molecule has 0 radical (unpaired) electrons.